The molecule has 1 N–H and O–H groups in total. The number of aromatic nitrogens is 4. The van der Waals surface area contributed by atoms with Crippen LogP contribution in [0, 0.1) is 0 Å². The Hall–Kier alpha value is -2.76. The van der Waals surface area contributed by atoms with E-state index in [2.05, 4.69) is 15.3 Å². The van der Waals surface area contributed by atoms with E-state index in [1.165, 1.54) is 0 Å². The van der Waals surface area contributed by atoms with Gasteiger partial charge in [-0.25, -0.2) is 9.48 Å². The predicted octanol–water partition coefficient (Wildman–Crippen LogP) is 2.39. The van der Waals surface area contributed by atoms with E-state index in [9.17, 15) is 9.90 Å². The first-order valence-electron chi connectivity index (χ1n) is 6.78. The van der Waals surface area contributed by atoms with Gasteiger partial charge in [0.15, 0.2) is 5.69 Å². The van der Waals surface area contributed by atoms with E-state index in [1.54, 1.807) is 10.9 Å². The first-order chi connectivity index (χ1) is 10.2. The summed E-state index contributed by atoms with van der Waals surface area (Å²) < 4.78 is 1.65. The molecule has 0 aliphatic heterocycles. The summed E-state index contributed by atoms with van der Waals surface area (Å²) >= 11 is 0. The molecule has 6 nitrogen and oxygen atoms in total. The molecule has 1 aliphatic carbocycles. The van der Waals surface area contributed by atoms with E-state index in [0.717, 1.165) is 29.4 Å². The van der Waals surface area contributed by atoms with Crippen LogP contribution in [0.3, 0.4) is 0 Å². The molecule has 21 heavy (non-hydrogen) atoms. The van der Waals surface area contributed by atoms with Crippen LogP contribution in [0.25, 0.3) is 16.6 Å². The fraction of sp³-hybridized carbons (Fsp3) is 0.200. The molecule has 2 aromatic heterocycles. The van der Waals surface area contributed by atoms with Crippen LogP contribution in [0.15, 0.2) is 36.5 Å². The predicted molar refractivity (Wildman–Crippen MR) is 75.6 cm³/mol. The van der Waals surface area contributed by atoms with Crippen LogP contribution in [0.5, 0.6) is 0 Å². The number of rotatable bonds is 3. The molecule has 4 rings (SSSR count). The SMILES string of the molecule is O=C(O)c1nnn(-c2ccc3ncccc3c2)c1C1CC1. The third-order valence-corrected chi connectivity index (χ3v) is 3.70. The molecule has 1 fully saturated rings. The van der Waals surface area contributed by atoms with Gasteiger partial charge >= 0.3 is 5.97 Å². The molecule has 1 aromatic carbocycles. The maximum absolute atomic E-state index is 11.3. The summed E-state index contributed by atoms with van der Waals surface area (Å²) in [7, 11) is 0. The van der Waals surface area contributed by atoms with E-state index in [4.69, 9.17) is 0 Å². The lowest BCUT2D eigenvalue weighted by molar-refractivity contribution is 0.0689. The fourth-order valence-corrected chi connectivity index (χ4v) is 2.55. The lowest BCUT2D eigenvalue weighted by atomic mass is 10.1. The Kier molecular flexibility index (Phi) is 2.50. The van der Waals surface area contributed by atoms with Crippen molar-refractivity contribution >= 4 is 16.9 Å². The summed E-state index contributed by atoms with van der Waals surface area (Å²) in [4.78, 5) is 15.6. The third kappa shape index (κ3) is 1.96. The Balaban J connectivity index is 1.90. The van der Waals surface area contributed by atoms with Crippen LogP contribution in [0.1, 0.15) is 34.9 Å². The Morgan fingerprint density at radius 2 is 2.14 bits per heavy atom. The van der Waals surface area contributed by atoms with Crippen molar-refractivity contribution in [3.8, 4) is 5.69 Å². The topological polar surface area (TPSA) is 80.9 Å². The van der Waals surface area contributed by atoms with Crippen LogP contribution in [0.2, 0.25) is 0 Å². The van der Waals surface area contributed by atoms with Gasteiger partial charge in [0, 0.05) is 17.5 Å². The average Bonchev–Trinajstić information content (AvgIpc) is 3.24. The maximum atomic E-state index is 11.3. The van der Waals surface area contributed by atoms with Gasteiger partial charge in [-0.15, -0.1) is 5.10 Å². The molecule has 2 heterocycles. The molecule has 1 aliphatic rings. The fourth-order valence-electron chi connectivity index (χ4n) is 2.55. The van der Waals surface area contributed by atoms with E-state index < -0.39 is 5.97 Å². The molecule has 0 amide bonds. The number of carboxylic acids is 1. The van der Waals surface area contributed by atoms with E-state index in [1.807, 2.05) is 30.3 Å². The second-order valence-corrected chi connectivity index (χ2v) is 5.19. The monoisotopic (exact) mass is 280 g/mol. The summed E-state index contributed by atoms with van der Waals surface area (Å²) in [5.74, 6) is -0.777. The Morgan fingerprint density at radius 3 is 2.90 bits per heavy atom. The molecule has 0 saturated heterocycles. The second-order valence-electron chi connectivity index (χ2n) is 5.19. The molecule has 0 spiro atoms. The molecule has 6 heteroatoms. The largest absolute Gasteiger partial charge is 0.476 e. The number of carbonyl (C=O) groups is 1. The van der Waals surface area contributed by atoms with Crippen LogP contribution in [-0.2, 0) is 0 Å². The zero-order valence-corrected chi connectivity index (χ0v) is 11.1. The van der Waals surface area contributed by atoms with Crippen LogP contribution in [-0.4, -0.2) is 31.1 Å². The third-order valence-electron chi connectivity index (χ3n) is 3.70. The average molecular weight is 280 g/mol. The molecular formula is C15H12N4O2. The van der Waals surface area contributed by atoms with Gasteiger partial charge in [0.2, 0.25) is 0 Å². The molecule has 0 bridgehead atoms. The van der Waals surface area contributed by atoms with Gasteiger partial charge < -0.3 is 5.11 Å². The van der Waals surface area contributed by atoms with E-state index in [0.29, 0.717) is 5.69 Å². The van der Waals surface area contributed by atoms with E-state index in [-0.39, 0.29) is 11.6 Å². The molecule has 104 valence electrons. The van der Waals surface area contributed by atoms with Gasteiger partial charge in [-0.3, -0.25) is 4.98 Å². The minimum atomic E-state index is -1.02. The smallest absolute Gasteiger partial charge is 0.358 e. The van der Waals surface area contributed by atoms with Crippen molar-refractivity contribution in [1.29, 1.82) is 0 Å². The summed E-state index contributed by atoms with van der Waals surface area (Å²) in [5, 5.41) is 18.1. The number of pyridine rings is 1. The van der Waals surface area contributed by atoms with Gasteiger partial charge in [0.05, 0.1) is 16.9 Å². The Morgan fingerprint density at radius 1 is 1.29 bits per heavy atom. The number of nitrogens with zero attached hydrogens (tertiary/aromatic N) is 4. The van der Waals surface area contributed by atoms with Crippen molar-refractivity contribution in [3.63, 3.8) is 0 Å². The van der Waals surface area contributed by atoms with Gasteiger partial charge in [-0.05, 0) is 37.1 Å². The first kappa shape index (κ1) is 12.0. The van der Waals surface area contributed by atoms with Crippen molar-refractivity contribution < 1.29 is 9.90 Å². The number of fused-ring (bicyclic) bond motifs is 1. The molecule has 0 unspecified atom stereocenters. The van der Waals surface area contributed by atoms with Crippen LogP contribution in [0.4, 0.5) is 0 Å². The second kappa shape index (κ2) is 4.37. The van der Waals surface area contributed by atoms with Gasteiger partial charge in [0.1, 0.15) is 0 Å². The Bertz CT molecular complexity index is 852. The zero-order valence-electron chi connectivity index (χ0n) is 11.1. The van der Waals surface area contributed by atoms with Crippen LogP contribution < -0.4 is 0 Å². The van der Waals surface area contributed by atoms with Crippen molar-refractivity contribution in [2.24, 2.45) is 0 Å². The molecule has 3 aromatic rings. The highest BCUT2D eigenvalue weighted by molar-refractivity contribution is 5.87. The van der Waals surface area contributed by atoms with Crippen molar-refractivity contribution in [2.75, 3.05) is 0 Å². The summed E-state index contributed by atoms with van der Waals surface area (Å²) in [6.45, 7) is 0. The maximum Gasteiger partial charge on any atom is 0.358 e. The number of hydrogen-bond acceptors (Lipinski definition) is 4. The number of benzene rings is 1. The van der Waals surface area contributed by atoms with Crippen LogP contribution >= 0.6 is 0 Å². The standard InChI is InChI=1S/C15H12N4O2/c20-15(21)13-14(9-3-4-9)19(18-17-13)11-5-6-12-10(8-11)2-1-7-16-12/h1-2,5-9H,3-4H2,(H,20,21). The zero-order chi connectivity index (χ0) is 14.4. The minimum absolute atomic E-state index is 0.0591. The summed E-state index contributed by atoms with van der Waals surface area (Å²) in [5.41, 5.74) is 2.47. The van der Waals surface area contributed by atoms with E-state index >= 15 is 0 Å². The highest BCUT2D eigenvalue weighted by Gasteiger charge is 2.34. The summed E-state index contributed by atoms with van der Waals surface area (Å²) in [6, 6.07) is 9.59. The first-order valence-corrected chi connectivity index (χ1v) is 6.78. The quantitative estimate of drug-likeness (QED) is 0.796. The molecule has 0 radical (unpaired) electrons. The van der Waals surface area contributed by atoms with Gasteiger partial charge in [-0.2, -0.15) is 0 Å². The molecule has 1 saturated carbocycles. The molecule has 0 atom stereocenters. The molecular weight excluding hydrogens is 268 g/mol. The minimum Gasteiger partial charge on any atom is -0.476 e. The Labute approximate surface area is 120 Å². The van der Waals surface area contributed by atoms with Gasteiger partial charge in [-0.1, -0.05) is 11.3 Å². The summed E-state index contributed by atoms with van der Waals surface area (Å²) in [6.07, 6.45) is 3.72. The lowest BCUT2D eigenvalue weighted by Gasteiger charge is -2.07. The number of aromatic carboxylic acids is 1. The lowest BCUT2D eigenvalue weighted by Crippen LogP contribution is -2.05. The number of carboxylic acid groups (broad SMARTS) is 1. The highest BCUT2D eigenvalue weighted by atomic mass is 16.4. The van der Waals surface area contributed by atoms with Crippen molar-refractivity contribution in [2.45, 2.75) is 18.8 Å². The van der Waals surface area contributed by atoms with Crippen molar-refractivity contribution in [1.82, 2.24) is 20.0 Å². The van der Waals surface area contributed by atoms with Crippen molar-refractivity contribution in [3.05, 3.63) is 47.9 Å². The normalized spacial score (nSPS) is 14.5. The highest BCUT2D eigenvalue weighted by Crippen LogP contribution is 2.42. The van der Waals surface area contributed by atoms with Gasteiger partial charge in [0.25, 0.3) is 0 Å². The number of hydrogen-bond donors (Lipinski definition) is 1.